The first-order chi connectivity index (χ1) is 9.08. The lowest BCUT2D eigenvalue weighted by Crippen LogP contribution is -2.38. The van der Waals surface area contributed by atoms with E-state index in [0.717, 1.165) is 19.0 Å². The van der Waals surface area contributed by atoms with E-state index in [9.17, 15) is 14.9 Å². The van der Waals surface area contributed by atoms with Gasteiger partial charge in [0.05, 0.1) is 9.95 Å². The Labute approximate surface area is 114 Å². The van der Waals surface area contributed by atoms with Crippen LogP contribution in [0, 0.1) is 10.1 Å². The number of anilines is 1. The zero-order valence-corrected chi connectivity index (χ0v) is 10.8. The third kappa shape index (κ3) is 3.31. The number of carbonyl (C=O) groups excluding carboxylic acids is 1. The molecule has 0 saturated carbocycles. The van der Waals surface area contributed by atoms with Crippen LogP contribution in [-0.2, 0) is 4.79 Å². The lowest BCUT2D eigenvalue weighted by Gasteiger charge is -2.16. The van der Waals surface area contributed by atoms with Crippen LogP contribution in [0.25, 0.3) is 0 Å². The van der Waals surface area contributed by atoms with Gasteiger partial charge in [-0.05, 0) is 19.3 Å². The third-order valence-corrected chi connectivity index (χ3v) is 3.17. The number of nitro groups is 1. The number of nitrogens with one attached hydrogen (secondary N) is 2. The van der Waals surface area contributed by atoms with Crippen molar-refractivity contribution in [3.8, 4) is 0 Å². The molecular weight excluding hydrogens is 272 g/mol. The minimum Gasteiger partial charge on any atom is -0.357 e. The quantitative estimate of drug-likeness (QED) is 0.651. The Morgan fingerprint density at radius 1 is 1.53 bits per heavy atom. The molecule has 1 saturated heterocycles. The summed E-state index contributed by atoms with van der Waals surface area (Å²) < 4.78 is 0. The summed E-state index contributed by atoms with van der Waals surface area (Å²) in [6.07, 6.45) is 3.65. The molecule has 1 aliphatic heterocycles. The van der Waals surface area contributed by atoms with Crippen molar-refractivity contribution in [2.24, 2.45) is 0 Å². The van der Waals surface area contributed by atoms with E-state index in [4.69, 9.17) is 11.6 Å². The van der Waals surface area contributed by atoms with Gasteiger partial charge >= 0.3 is 0 Å². The molecule has 0 aliphatic carbocycles. The molecule has 8 heteroatoms. The van der Waals surface area contributed by atoms with Crippen molar-refractivity contribution < 1.29 is 9.72 Å². The van der Waals surface area contributed by atoms with E-state index in [-0.39, 0.29) is 22.4 Å². The number of rotatable bonds is 3. The largest absolute Gasteiger partial charge is 0.357 e. The van der Waals surface area contributed by atoms with Crippen LogP contribution >= 0.6 is 11.6 Å². The fourth-order valence-electron chi connectivity index (χ4n) is 1.88. The minimum atomic E-state index is -0.568. The zero-order chi connectivity index (χ0) is 13.8. The van der Waals surface area contributed by atoms with Gasteiger partial charge in [0.25, 0.3) is 5.69 Å². The minimum absolute atomic E-state index is 0.103. The molecule has 2 heterocycles. The molecule has 1 amide bonds. The summed E-state index contributed by atoms with van der Waals surface area (Å²) in [6.45, 7) is 0.665. The first kappa shape index (κ1) is 13.5. The van der Waals surface area contributed by atoms with Crippen LogP contribution in [0.1, 0.15) is 19.3 Å². The molecule has 1 aromatic rings. The van der Waals surface area contributed by atoms with Crippen molar-refractivity contribution in [2.45, 2.75) is 25.3 Å². The summed E-state index contributed by atoms with van der Waals surface area (Å²) in [7, 11) is 0. The second kappa shape index (κ2) is 5.83. The number of hydrogen-bond donors (Lipinski definition) is 2. The van der Waals surface area contributed by atoms with Gasteiger partial charge in [-0.25, -0.2) is 4.98 Å². The second-order valence-electron chi connectivity index (χ2n) is 4.26. The predicted octanol–water partition coefficient (Wildman–Crippen LogP) is 1.72. The van der Waals surface area contributed by atoms with E-state index in [1.54, 1.807) is 0 Å². The molecule has 0 aromatic carbocycles. The maximum absolute atomic E-state index is 11.8. The van der Waals surface area contributed by atoms with Crippen LogP contribution in [0.15, 0.2) is 12.3 Å². The molecule has 1 fully saturated rings. The van der Waals surface area contributed by atoms with Gasteiger partial charge in [0.2, 0.25) is 5.91 Å². The Bertz CT molecular complexity index is 509. The van der Waals surface area contributed by atoms with E-state index < -0.39 is 11.0 Å². The van der Waals surface area contributed by atoms with Crippen molar-refractivity contribution in [2.75, 3.05) is 11.9 Å². The molecule has 7 nitrogen and oxygen atoms in total. The van der Waals surface area contributed by atoms with Gasteiger partial charge in [0.15, 0.2) is 0 Å². The number of hydrogen-bond acceptors (Lipinski definition) is 5. The molecule has 102 valence electrons. The van der Waals surface area contributed by atoms with Crippen LogP contribution in [0.4, 0.5) is 11.5 Å². The zero-order valence-electron chi connectivity index (χ0n) is 10.1. The lowest BCUT2D eigenvalue weighted by atomic mass is 10.1. The Morgan fingerprint density at radius 2 is 2.32 bits per heavy atom. The maximum Gasteiger partial charge on any atom is 0.289 e. The Morgan fingerprint density at radius 3 is 3.00 bits per heavy atom. The van der Waals surface area contributed by atoms with Crippen molar-refractivity contribution in [3.05, 3.63) is 27.4 Å². The van der Waals surface area contributed by atoms with Gasteiger partial charge in [-0.2, -0.15) is 0 Å². The molecule has 0 bridgehead atoms. The van der Waals surface area contributed by atoms with E-state index in [1.807, 2.05) is 0 Å². The van der Waals surface area contributed by atoms with Gasteiger partial charge in [-0.15, -0.1) is 0 Å². The first-order valence-corrected chi connectivity index (χ1v) is 6.30. The highest BCUT2D eigenvalue weighted by molar-refractivity contribution is 6.33. The van der Waals surface area contributed by atoms with Crippen molar-refractivity contribution in [3.63, 3.8) is 0 Å². The maximum atomic E-state index is 11.8. The number of aromatic nitrogens is 1. The molecular formula is C11H13ClN4O3. The van der Waals surface area contributed by atoms with Crippen LogP contribution < -0.4 is 10.6 Å². The lowest BCUT2D eigenvalue weighted by molar-refractivity contribution is -0.385. The van der Waals surface area contributed by atoms with Gasteiger partial charge in [0, 0.05) is 12.6 Å². The Balaban J connectivity index is 2.14. The molecule has 0 radical (unpaired) electrons. The first-order valence-electron chi connectivity index (χ1n) is 5.92. The summed E-state index contributed by atoms with van der Waals surface area (Å²) in [6, 6.07) is 0.805. The number of nitrogens with zero attached hydrogens (tertiary/aromatic N) is 2. The third-order valence-electron chi connectivity index (χ3n) is 2.88. The normalized spacial score (nSPS) is 19.4. The molecule has 0 spiro atoms. The van der Waals surface area contributed by atoms with E-state index >= 15 is 0 Å². The summed E-state index contributed by atoms with van der Waals surface area (Å²) in [5, 5.41) is 16.4. The van der Waals surface area contributed by atoms with Gasteiger partial charge in [-0.3, -0.25) is 14.9 Å². The van der Waals surface area contributed by atoms with Gasteiger partial charge in [-0.1, -0.05) is 11.6 Å². The number of amides is 1. The number of halogens is 1. The number of carbonyl (C=O) groups is 1. The molecule has 1 aliphatic rings. The molecule has 1 atom stereocenters. The summed E-state index contributed by atoms with van der Waals surface area (Å²) in [5.41, 5.74) is -0.180. The highest BCUT2D eigenvalue weighted by Crippen LogP contribution is 2.25. The van der Waals surface area contributed by atoms with E-state index in [0.29, 0.717) is 13.0 Å². The van der Waals surface area contributed by atoms with Crippen molar-refractivity contribution in [1.82, 2.24) is 10.3 Å². The van der Waals surface area contributed by atoms with E-state index in [2.05, 4.69) is 15.6 Å². The van der Waals surface area contributed by atoms with Crippen LogP contribution in [0.5, 0.6) is 0 Å². The Hall–Kier alpha value is -1.89. The summed E-state index contributed by atoms with van der Waals surface area (Å²) in [4.78, 5) is 25.7. The van der Waals surface area contributed by atoms with E-state index in [1.165, 1.54) is 6.07 Å². The van der Waals surface area contributed by atoms with Crippen LogP contribution in [0.3, 0.4) is 0 Å². The molecule has 19 heavy (non-hydrogen) atoms. The molecule has 2 N–H and O–H groups in total. The number of pyridine rings is 1. The fraction of sp³-hybridized carbons (Fsp3) is 0.455. The van der Waals surface area contributed by atoms with Crippen molar-refractivity contribution in [1.29, 1.82) is 0 Å². The van der Waals surface area contributed by atoms with Crippen LogP contribution in [-0.4, -0.2) is 28.4 Å². The molecule has 1 aromatic heterocycles. The Kier molecular flexibility index (Phi) is 4.16. The summed E-state index contributed by atoms with van der Waals surface area (Å²) in [5.74, 6) is 0.183. The van der Waals surface area contributed by atoms with Gasteiger partial charge in [0.1, 0.15) is 18.1 Å². The molecule has 1 unspecified atom stereocenters. The fourth-order valence-corrected chi connectivity index (χ4v) is 2.09. The smallest absolute Gasteiger partial charge is 0.289 e. The monoisotopic (exact) mass is 284 g/mol. The highest BCUT2D eigenvalue weighted by atomic mass is 35.5. The second-order valence-corrected chi connectivity index (χ2v) is 4.67. The standard InChI is InChI=1S/C11H13ClN4O3/c12-8-5-7(16(18)19)6-14-10(8)15-9-3-1-2-4-13-11(9)17/h5-6,9H,1-4H2,(H,13,17)(H,14,15). The topological polar surface area (TPSA) is 97.2 Å². The predicted molar refractivity (Wildman–Crippen MR) is 70.2 cm³/mol. The van der Waals surface area contributed by atoms with Gasteiger partial charge < -0.3 is 10.6 Å². The average molecular weight is 285 g/mol. The van der Waals surface area contributed by atoms with Crippen LogP contribution in [0.2, 0.25) is 5.02 Å². The highest BCUT2D eigenvalue weighted by Gasteiger charge is 2.22. The van der Waals surface area contributed by atoms with Crippen molar-refractivity contribution >= 4 is 29.0 Å². The molecule has 2 rings (SSSR count). The summed E-state index contributed by atoms with van der Waals surface area (Å²) >= 11 is 5.92. The SMILES string of the molecule is O=C1NCCCCC1Nc1ncc([N+](=O)[O-])cc1Cl. The average Bonchev–Trinajstić information content (AvgIpc) is 2.57.